The van der Waals surface area contributed by atoms with Gasteiger partial charge in [0.05, 0.1) is 18.5 Å². The van der Waals surface area contributed by atoms with Gasteiger partial charge in [-0.1, -0.05) is 0 Å². The number of imidazole rings is 1. The summed E-state index contributed by atoms with van der Waals surface area (Å²) >= 11 is 0. The maximum absolute atomic E-state index is 10.7. The van der Waals surface area contributed by atoms with E-state index in [1.807, 2.05) is 13.8 Å². The Balaban J connectivity index is 2.42. The Labute approximate surface area is 91.5 Å². The molecule has 84 valence electrons. The van der Waals surface area contributed by atoms with Crippen LogP contribution < -0.4 is 4.74 Å². The molecule has 0 aliphatic carbocycles. The molecule has 2 aromatic heterocycles. The molecule has 2 aromatic rings. The zero-order chi connectivity index (χ0) is 11.7. The van der Waals surface area contributed by atoms with Gasteiger partial charge in [0.25, 0.3) is 0 Å². The highest BCUT2D eigenvalue weighted by Crippen LogP contribution is 2.13. The molecule has 6 heteroatoms. The molecule has 0 atom stereocenters. The van der Waals surface area contributed by atoms with Crippen LogP contribution in [0.3, 0.4) is 0 Å². The Morgan fingerprint density at radius 1 is 1.50 bits per heavy atom. The lowest BCUT2D eigenvalue weighted by Crippen LogP contribution is -2.05. The fourth-order valence-corrected chi connectivity index (χ4v) is 1.28. The molecular formula is C10H11N3O3. The number of aromatic carboxylic acids is 1. The number of ether oxygens (including phenoxy) is 1. The van der Waals surface area contributed by atoms with Gasteiger partial charge in [0, 0.05) is 6.20 Å². The molecule has 1 N–H and O–H groups in total. The number of hydrogen-bond donors (Lipinski definition) is 1. The predicted octanol–water partition coefficient (Wildman–Crippen LogP) is 1.21. The largest absolute Gasteiger partial charge is 0.476 e. The number of carboxylic acid groups (broad SMARTS) is 1. The van der Waals surface area contributed by atoms with Crippen LogP contribution in [0.5, 0.6) is 5.88 Å². The van der Waals surface area contributed by atoms with Crippen molar-refractivity contribution >= 4 is 11.6 Å². The predicted molar refractivity (Wildman–Crippen MR) is 55.7 cm³/mol. The summed E-state index contributed by atoms with van der Waals surface area (Å²) < 4.78 is 6.97. The molecule has 0 aromatic carbocycles. The summed E-state index contributed by atoms with van der Waals surface area (Å²) in [6.45, 7) is 3.79. The highest BCUT2D eigenvalue weighted by Gasteiger charge is 2.08. The third-order valence-corrected chi connectivity index (χ3v) is 1.89. The van der Waals surface area contributed by atoms with Gasteiger partial charge in [-0.05, 0) is 13.8 Å². The van der Waals surface area contributed by atoms with Gasteiger partial charge in [0.2, 0.25) is 5.88 Å². The summed E-state index contributed by atoms with van der Waals surface area (Å²) in [6, 6.07) is 0. The lowest BCUT2D eigenvalue weighted by atomic mass is 10.4. The molecule has 0 amide bonds. The summed E-state index contributed by atoms with van der Waals surface area (Å²) in [7, 11) is 0. The van der Waals surface area contributed by atoms with Crippen LogP contribution in [-0.4, -0.2) is 31.5 Å². The minimum atomic E-state index is -1.07. The fourth-order valence-electron chi connectivity index (χ4n) is 1.28. The lowest BCUT2D eigenvalue weighted by molar-refractivity contribution is 0.0690. The van der Waals surface area contributed by atoms with Crippen LogP contribution >= 0.6 is 0 Å². The first-order valence-electron chi connectivity index (χ1n) is 4.81. The average Bonchev–Trinajstić information content (AvgIpc) is 2.56. The van der Waals surface area contributed by atoms with E-state index in [1.165, 1.54) is 12.4 Å². The van der Waals surface area contributed by atoms with Crippen molar-refractivity contribution in [3.63, 3.8) is 0 Å². The SMILES string of the molecule is CC(C)Oc1cn2cc(C(=O)O)ncc2n1. The van der Waals surface area contributed by atoms with Crippen LogP contribution in [0.1, 0.15) is 24.3 Å². The molecule has 2 heterocycles. The summed E-state index contributed by atoms with van der Waals surface area (Å²) in [4.78, 5) is 18.6. The maximum Gasteiger partial charge on any atom is 0.356 e. The Morgan fingerprint density at radius 2 is 2.25 bits per heavy atom. The Bertz CT molecular complexity index is 533. The van der Waals surface area contributed by atoms with E-state index in [-0.39, 0.29) is 11.8 Å². The van der Waals surface area contributed by atoms with E-state index in [1.54, 1.807) is 10.6 Å². The fraction of sp³-hybridized carbons (Fsp3) is 0.300. The molecule has 0 fully saturated rings. The summed E-state index contributed by atoms with van der Waals surface area (Å²) in [6.07, 6.45) is 4.45. The molecule has 0 radical (unpaired) electrons. The number of hydrogen-bond acceptors (Lipinski definition) is 4. The smallest absolute Gasteiger partial charge is 0.356 e. The van der Waals surface area contributed by atoms with Crippen molar-refractivity contribution in [2.24, 2.45) is 0 Å². The van der Waals surface area contributed by atoms with Crippen molar-refractivity contribution in [3.05, 3.63) is 24.3 Å². The molecule has 6 nitrogen and oxygen atoms in total. The van der Waals surface area contributed by atoms with Crippen molar-refractivity contribution in [2.45, 2.75) is 20.0 Å². The number of fused-ring (bicyclic) bond motifs is 1. The van der Waals surface area contributed by atoms with Gasteiger partial charge in [0.15, 0.2) is 11.3 Å². The molecule has 0 spiro atoms. The Morgan fingerprint density at radius 3 is 2.88 bits per heavy atom. The number of nitrogens with zero attached hydrogens (tertiary/aromatic N) is 3. The average molecular weight is 221 g/mol. The highest BCUT2D eigenvalue weighted by atomic mass is 16.5. The number of carbonyl (C=O) groups is 1. The quantitative estimate of drug-likeness (QED) is 0.843. The first-order chi connectivity index (χ1) is 7.56. The third kappa shape index (κ3) is 1.95. The molecule has 0 aliphatic rings. The molecule has 0 saturated heterocycles. The number of aromatic nitrogens is 3. The number of carboxylic acids is 1. The van der Waals surface area contributed by atoms with Crippen molar-refractivity contribution in [3.8, 4) is 5.88 Å². The topological polar surface area (TPSA) is 76.7 Å². The number of rotatable bonds is 3. The molecule has 0 aliphatic heterocycles. The van der Waals surface area contributed by atoms with Gasteiger partial charge in [-0.3, -0.25) is 4.40 Å². The van der Waals surface area contributed by atoms with Crippen LogP contribution in [0.4, 0.5) is 0 Å². The zero-order valence-electron chi connectivity index (χ0n) is 8.91. The molecular weight excluding hydrogens is 210 g/mol. The van der Waals surface area contributed by atoms with Gasteiger partial charge in [0.1, 0.15) is 0 Å². The first kappa shape index (κ1) is 10.4. The second-order valence-corrected chi connectivity index (χ2v) is 3.59. The monoisotopic (exact) mass is 221 g/mol. The van der Waals surface area contributed by atoms with Crippen molar-refractivity contribution < 1.29 is 14.6 Å². The first-order valence-corrected chi connectivity index (χ1v) is 4.81. The van der Waals surface area contributed by atoms with Gasteiger partial charge in [-0.2, -0.15) is 4.98 Å². The van der Waals surface area contributed by atoms with Gasteiger partial charge >= 0.3 is 5.97 Å². The molecule has 0 unspecified atom stereocenters. The normalized spacial score (nSPS) is 10.9. The summed E-state index contributed by atoms with van der Waals surface area (Å²) in [5.74, 6) is -0.610. The minimum absolute atomic E-state index is 0.0248. The Kier molecular flexibility index (Phi) is 2.47. The van der Waals surface area contributed by atoms with Crippen molar-refractivity contribution in [1.82, 2.24) is 14.4 Å². The zero-order valence-corrected chi connectivity index (χ0v) is 8.91. The van der Waals surface area contributed by atoms with E-state index in [0.29, 0.717) is 11.5 Å². The van der Waals surface area contributed by atoms with Gasteiger partial charge in [-0.25, -0.2) is 9.78 Å². The van der Waals surface area contributed by atoms with Crippen LogP contribution in [-0.2, 0) is 0 Å². The summed E-state index contributed by atoms with van der Waals surface area (Å²) in [5.41, 5.74) is 0.529. The van der Waals surface area contributed by atoms with Crippen molar-refractivity contribution in [1.29, 1.82) is 0 Å². The minimum Gasteiger partial charge on any atom is -0.476 e. The van der Waals surface area contributed by atoms with E-state index >= 15 is 0 Å². The van der Waals surface area contributed by atoms with Gasteiger partial charge in [-0.15, -0.1) is 0 Å². The van der Waals surface area contributed by atoms with E-state index in [2.05, 4.69) is 9.97 Å². The third-order valence-electron chi connectivity index (χ3n) is 1.89. The Hall–Kier alpha value is -2.11. The van der Waals surface area contributed by atoms with Gasteiger partial charge < -0.3 is 9.84 Å². The van der Waals surface area contributed by atoms with E-state index in [4.69, 9.17) is 9.84 Å². The molecule has 0 saturated carbocycles. The van der Waals surface area contributed by atoms with Crippen LogP contribution in [0.15, 0.2) is 18.6 Å². The lowest BCUT2D eigenvalue weighted by Gasteiger charge is -2.03. The highest BCUT2D eigenvalue weighted by molar-refractivity contribution is 5.85. The van der Waals surface area contributed by atoms with Crippen LogP contribution in [0.25, 0.3) is 5.65 Å². The van der Waals surface area contributed by atoms with E-state index in [0.717, 1.165) is 0 Å². The van der Waals surface area contributed by atoms with Crippen molar-refractivity contribution in [2.75, 3.05) is 0 Å². The molecule has 0 bridgehead atoms. The summed E-state index contributed by atoms with van der Waals surface area (Å²) in [5, 5.41) is 8.77. The second kappa shape index (κ2) is 3.80. The second-order valence-electron chi connectivity index (χ2n) is 3.59. The molecule has 16 heavy (non-hydrogen) atoms. The van der Waals surface area contributed by atoms with E-state index in [9.17, 15) is 4.79 Å². The maximum atomic E-state index is 10.7. The van der Waals surface area contributed by atoms with Crippen LogP contribution in [0.2, 0.25) is 0 Å². The van der Waals surface area contributed by atoms with E-state index < -0.39 is 5.97 Å². The molecule has 2 rings (SSSR count). The standard InChI is InChI=1S/C10H11N3O3/c1-6(2)16-9-5-13-4-7(10(14)15)11-3-8(13)12-9/h3-6H,1-2H3,(H,14,15). The van der Waals surface area contributed by atoms with Crippen LogP contribution in [0, 0.1) is 0 Å².